The van der Waals surface area contributed by atoms with Gasteiger partial charge in [-0.25, -0.2) is 8.42 Å². The molecule has 2 aliphatic rings. The van der Waals surface area contributed by atoms with E-state index in [0.29, 0.717) is 56.5 Å². The Bertz CT molecular complexity index is 1100. The number of rotatable bonds is 6. The number of sulfonamides is 1. The van der Waals surface area contributed by atoms with E-state index in [1.165, 1.54) is 16.4 Å². The molecule has 172 valence electrons. The van der Waals surface area contributed by atoms with Crippen molar-refractivity contribution < 1.29 is 22.8 Å². The highest BCUT2D eigenvalue weighted by atomic mass is 32.2. The van der Waals surface area contributed by atoms with Crippen molar-refractivity contribution in [2.75, 3.05) is 58.3 Å². The van der Waals surface area contributed by atoms with Crippen molar-refractivity contribution >= 4 is 21.4 Å². The number of anilines is 1. The van der Waals surface area contributed by atoms with Gasteiger partial charge in [-0.15, -0.1) is 0 Å². The minimum atomic E-state index is -3.81. The van der Waals surface area contributed by atoms with E-state index >= 15 is 0 Å². The van der Waals surface area contributed by atoms with Crippen LogP contribution >= 0.6 is 0 Å². The molecule has 2 heterocycles. The zero-order valence-corrected chi connectivity index (χ0v) is 18.8. The maximum atomic E-state index is 13.0. The monoisotopic (exact) mass is 462 g/mol. The number of benzene rings is 2. The largest absolute Gasteiger partial charge is 0.486 e. The van der Waals surface area contributed by atoms with Gasteiger partial charge in [-0.1, -0.05) is 12.1 Å². The predicted molar refractivity (Wildman–Crippen MR) is 119 cm³/mol. The fraction of sp³-hybridized carbons (Fsp3) is 0.429. The number of hydrogen-bond donors (Lipinski definition) is 0. The van der Waals surface area contributed by atoms with Gasteiger partial charge >= 0.3 is 0 Å². The second-order valence-corrected chi connectivity index (χ2v) is 9.93. The van der Waals surface area contributed by atoms with E-state index in [1.807, 2.05) is 36.2 Å². The number of nitro groups is 1. The first-order chi connectivity index (χ1) is 15.3. The fourth-order valence-corrected chi connectivity index (χ4v) is 5.31. The fourth-order valence-electron chi connectivity index (χ4n) is 3.87. The molecule has 2 aromatic carbocycles. The Balaban J connectivity index is 1.54. The van der Waals surface area contributed by atoms with Crippen LogP contribution in [0.15, 0.2) is 47.4 Å². The summed E-state index contributed by atoms with van der Waals surface area (Å²) in [7, 11) is -0.167. The predicted octanol–water partition coefficient (Wildman–Crippen LogP) is 1.81. The summed E-state index contributed by atoms with van der Waals surface area (Å²) in [5, 5.41) is 11.8. The van der Waals surface area contributed by atoms with Crippen LogP contribution in [0, 0.1) is 10.1 Å². The van der Waals surface area contributed by atoms with Gasteiger partial charge in [0.15, 0.2) is 17.6 Å². The van der Waals surface area contributed by atoms with E-state index in [2.05, 4.69) is 0 Å². The van der Waals surface area contributed by atoms with Crippen molar-refractivity contribution in [3.05, 3.63) is 52.6 Å². The van der Waals surface area contributed by atoms with Crippen molar-refractivity contribution in [2.24, 2.45) is 0 Å². The topological polar surface area (TPSA) is 105 Å². The summed E-state index contributed by atoms with van der Waals surface area (Å²) < 4.78 is 39.1. The molecule has 0 unspecified atom stereocenters. The van der Waals surface area contributed by atoms with Gasteiger partial charge in [0.05, 0.1) is 16.4 Å². The molecule has 0 saturated carbocycles. The summed E-state index contributed by atoms with van der Waals surface area (Å²) in [6, 6.07) is 11.4. The minimum absolute atomic E-state index is 0.0721. The lowest BCUT2D eigenvalue weighted by atomic mass is 10.2. The van der Waals surface area contributed by atoms with Gasteiger partial charge in [-0.2, -0.15) is 4.31 Å². The normalized spacial score (nSPS) is 19.5. The van der Waals surface area contributed by atoms with E-state index < -0.39 is 14.9 Å². The quantitative estimate of drug-likeness (QED) is 0.473. The van der Waals surface area contributed by atoms with Gasteiger partial charge in [0.2, 0.25) is 10.0 Å². The smallest absolute Gasteiger partial charge is 0.293 e. The van der Waals surface area contributed by atoms with Crippen molar-refractivity contribution in [3.63, 3.8) is 0 Å². The summed E-state index contributed by atoms with van der Waals surface area (Å²) >= 11 is 0. The number of para-hydroxylation sites is 2. The van der Waals surface area contributed by atoms with Crippen LogP contribution in [-0.4, -0.2) is 82.1 Å². The lowest BCUT2D eigenvalue weighted by Gasteiger charge is -2.32. The Morgan fingerprint density at radius 2 is 1.81 bits per heavy atom. The van der Waals surface area contributed by atoms with Crippen molar-refractivity contribution in [3.8, 4) is 11.5 Å². The zero-order chi connectivity index (χ0) is 22.9. The standard InChI is InChI=1S/C21H26N4O6S/c1-22-9-11-24(12-10-22)32(28,29)17-7-8-18(19(13-17)25(26)27)23(2)14-16-15-30-20-5-3-4-6-21(20)31-16/h3-8,13,16H,9-12,14-15H2,1-2H3/t16-/m0/s1. The molecule has 32 heavy (non-hydrogen) atoms. The van der Waals surface area contributed by atoms with Crippen LogP contribution in [-0.2, 0) is 10.0 Å². The molecule has 0 aliphatic carbocycles. The summed E-state index contributed by atoms with van der Waals surface area (Å²) in [6.45, 7) is 2.60. The highest BCUT2D eigenvalue weighted by Crippen LogP contribution is 2.34. The highest BCUT2D eigenvalue weighted by Gasteiger charge is 2.31. The summed E-state index contributed by atoms with van der Waals surface area (Å²) in [5.74, 6) is 1.29. The molecule has 2 aromatic rings. The van der Waals surface area contributed by atoms with Gasteiger partial charge in [0.25, 0.3) is 5.69 Å². The molecule has 1 fully saturated rings. The molecule has 1 saturated heterocycles. The van der Waals surface area contributed by atoms with E-state index in [9.17, 15) is 18.5 Å². The average molecular weight is 463 g/mol. The van der Waals surface area contributed by atoms with E-state index in [1.54, 1.807) is 11.9 Å². The summed E-state index contributed by atoms with van der Waals surface area (Å²) in [5.41, 5.74) is 0.0506. The highest BCUT2D eigenvalue weighted by molar-refractivity contribution is 7.89. The molecule has 1 atom stereocenters. The third kappa shape index (κ3) is 4.50. The summed E-state index contributed by atoms with van der Waals surface area (Å²) in [4.78, 5) is 14.9. The first-order valence-corrected chi connectivity index (χ1v) is 11.8. The Hall–Kier alpha value is -2.89. The lowest BCUT2D eigenvalue weighted by molar-refractivity contribution is -0.384. The van der Waals surface area contributed by atoms with Crippen LogP contribution < -0.4 is 14.4 Å². The maximum absolute atomic E-state index is 13.0. The van der Waals surface area contributed by atoms with Gasteiger partial charge in [0.1, 0.15) is 12.3 Å². The Labute approximate surface area is 187 Å². The Morgan fingerprint density at radius 1 is 1.12 bits per heavy atom. The number of nitrogens with zero attached hydrogens (tertiary/aromatic N) is 4. The number of nitro benzene ring substituents is 1. The molecular formula is C21H26N4O6S. The van der Waals surface area contributed by atoms with E-state index in [4.69, 9.17) is 9.47 Å². The first kappa shape index (κ1) is 22.3. The average Bonchev–Trinajstić information content (AvgIpc) is 2.78. The molecule has 4 rings (SSSR count). The zero-order valence-electron chi connectivity index (χ0n) is 18.0. The molecular weight excluding hydrogens is 436 g/mol. The third-order valence-corrected chi connectivity index (χ3v) is 7.59. The van der Waals surface area contributed by atoms with Crippen LogP contribution in [0.3, 0.4) is 0 Å². The van der Waals surface area contributed by atoms with Crippen molar-refractivity contribution in [2.45, 2.75) is 11.0 Å². The molecule has 11 heteroatoms. The number of piperazine rings is 1. The second kappa shape index (κ2) is 8.93. The molecule has 0 N–H and O–H groups in total. The molecule has 0 radical (unpaired) electrons. The first-order valence-electron chi connectivity index (χ1n) is 10.3. The van der Waals surface area contributed by atoms with Crippen LogP contribution in [0.4, 0.5) is 11.4 Å². The van der Waals surface area contributed by atoms with Crippen molar-refractivity contribution in [1.82, 2.24) is 9.21 Å². The SMILES string of the molecule is CN1CCN(S(=O)(=O)c2ccc(N(C)C[C@H]3COc4ccccc4O3)c([N+](=O)[O-])c2)CC1. The van der Waals surface area contributed by atoms with E-state index in [-0.39, 0.29) is 16.7 Å². The lowest BCUT2D eigenvalue weighted by Crippen LogP contribution is -2.47. The molecule has 10 nitrogen and oxygen atoms in total. The van der Waals surface area contributed by atoms with Crippen LogP contribution in [0.5, 0.6) is 11.5 Å². The third-order valence-electron chi connectivity index (χ3n) is 5.70. The molecule has 0 spiro atoms. The second-order valence-electron chi connectivity index (χ2n) is 7.99. The molecule has 2 aliphatic heterocycles. The molecule has 0 amide bonds. The van der Waals surface area contributed by atoms with E-state index in [0.717, 1.165) is 6.07 Å². The number of fused-ring (bicyclic) bond motifs is 1. The number of hydrogen-bond acceptors (Lipinski definition) is 8. The van der Waals surface area contributed by atoms with Gasteiger partial charge in [-0.3, -0.25) is 10.1 Å². The van der Waals surface area contributed by atoms with Gasteiger partial charge in [-0.05, 0) is 31.3 Å². The Morgan fingerprint density at radius 3 is 2.50 bits per heavy atom. The van der Waals surface area contributed by atoms with Crippen LogP contribution in [0.25, 0.3) is 0 Å². The minimum Gasteiger partial charge on any atom is -0.486 e. The Kier molecular flexibility index (Phi) is 6.22. The maximum Gasteiger partial charge on any atom is 0.293 e. The van der Waals surface area contributed by atoms with Gasteiger partial charge < -0.3 is 19.3 Å². The summed E-state index contributed by atoms with van der Waals surface area (Å²) in [6.07, 6.45) is -0.330. The molecule has 0 aromatic heterocycles. The van der Waals surface area contributed by atoms with Crippen LogP contribution in [0.2, 0.25) is 0 Å². The van der Waals surface area contributed by atoms with Crippen molar-refractivity contribution in [1.29, 1.82) is 0 Å². The van der Waals surface area contributed by atoms with Crippen LogP contribution in [0.1, 0.15) is 0 Å². The molecule has 0 bridgehead atoms. The number of likely N-dealkylation sites (N-methyl/N-ethyl adjacent to an activating group) is 2. The van der Waals surface area contributed by atoms with Gasteiger partial charge in [0, 0.05) is 39.3 Å². The number of ether oxygens (including phenoxy) is 2.